The van der Waals surface area contributed by atoms with Crippen molar-refractivity contribution < 1.29 is 9.53 Å². The molecule has 0 bridgehead atoms. The third-order valence-electron chi connectivity index (χ3n) is 3.68. The molecule has 0 radical (unpaired) electrons. The molecule has 7 heteroatoms. The maximum Gasteiger partial charge on any atom is 0.224 e. The fourth-order valence-corrected chi connectivity index (χ4v) is 2.60. The molecule has 0 N–H and O–H groups in total. The van der Waals surface area contributed by atoms with Gasteiger partial charge in [-0.1, -0.05) is 23.7 Å². The number of morpholine rings is 1. The van der Waals surface area contributed by atoms with Gasteiger partial charge >= 0.3 is 0 Å². The highest BCUT2D eigenvalue weighted by atomic mass is 35.5. The summed E-state index contributed by atoms with van der Waals surface area (Å²) in [5.74, 6) is 0.109. The van der Waals surface area contributed by atoms with Crippen LogP contribution in [0.25, 0.3) is 0 Å². The molecule has 1 saturated heterocycles. The maximum absolute atomic E-state index is 12.3. The third kappa shape index (κ3) is 3.64. The van der Waals surface area contributed by atoms with Crippen molar-refractivity contribution in [3.05, 3.63) is 47.5 Å². The lowest BCUT2D eigenvalue weighted by atomic mass is 10.1. The van der Waals surface area contributed by atoms with Gasteiger partial charge in [0.1, 0.15) is 18.8 Å². The molecule has 0 saturated carbocycles. The molecular weight excluding hydrogens is 304 g/mol. The van der Waals surface area contributed by atoms with Crippen molar-refractivity contribution in [3.8, 4) is 0 Å². The van der Waals surface area contributed by atoms with E-state index in [0.29, 0.717) is 37.7 Å². The van der Waals surface area contributed by atoms with Gasteiger partial charge in [-0.2, -0.15) is 5.10 Å². The molecule has 1 aromatic carbocycles. The lowest BCUT2D eigenvalue weighted by molar-refractivity contribution is -0.139. The third-order valence-corrected chi connectivity index (χ3v) is 3.93. The van der Waals surface area contributed by atoms with E-state index in [-0.39, 0.29) is 12.0 Å². The second-order valence-electron chi connectivity index (χ2n) is 5.16. The molecule has 0 aliphatic carbocycles. The van der Waals surface area contributed by atoms with E-state index in [1.807, 2.05) is 29.2 Å². The monoisotopic (exact) mass is 320 g/mol. The number of aryl methyl sites for hydroxylation is 1. The van der Waals surface area contributed by atoms with Gasteiger partial charge in [0.15, 0.2) is 0 Å². The van der Waals surface area contributed by atoms with Crippen molar-refractivity contribution in [2.75, 3.05) is 19.7 Å². The zero-order valence-corrected chi connectivity index (χ0v) is 12.8. The molecule has 1 aliphatic rings. The summed E-state index contributed by atoms with van der Waals surface area (Å²) >= 11 is 5.90. The van der Waals surface area contributed by atoms with E-state index in [1.165, 1.54) is 6.33 Å². The van der Waals surface area contributed by atoms with Gasteiger partial charge < -0.3 is 9.64 Å². The van der Waals surface area contributed by atoms with Crippen LogP contribution in [0.1, 0.15) is 18.1 Å². The fourth-order valence-electron chi connectivity index (χ4n) is 2.47. The van der Waals surface area contributed by atoms with E-state index in [4.69, 9.17) is 16.3 Å². The number of amides is 1. The smallest absolute Gasteiger partial charge is 0.224 e. The molecule has 6 nitrogen and oxygen atoms in total. The molecule has 1 aromatic heterocycles. The van der Waals surface area contributed by atoms with E-state index < -0.39 is 0 Å². The number of halogens is 1. The Labute approximate surface area is 133 Å². The lowest BCUT2D eigenvalue weighted by Gasteiger charge is -2.33. The second-order valence-corrected chi connectivity index (χ2v) is 5.60. The van der Waals surface area contributed by atoms with Crippen LogP contribution in [0.15, 0.2) is 36.9 Å². The molecule has 2 heterocycles. The fraction of sp³-hybridized carbons (Fsp3) is 0.400. The number of rotatable bonds is 4. The molecule has 2 aromatic rings. The zero-order chi connectivity index (χ0) is 15.4. The Morgan fingerprint density at radius 3 is 2.91 bits per heavy atom. The average Bonchev–Trinajstić information content (AvgIpc) is 3.07. The molecule has 22 heavy (non-hydrogen) atoms. The minimum Gasteiger partial charge on any atom is -0.370 e. The molecule has 1 atom stereocenters. The molecule has 1 fully saturated rings. The number of benzene rings is 1. The molecule has 0 spiro atoms. The number of aromatic nitrogens is 3. The van der Waals surface area contributed by atoms with Crippen LogP contribution in [-0.2, 0) is 16.1 Å². The molecule has 116 valence electrons. The first-order valence-electron chi connectivity index (χ1n) is 7.19. The van der Waals surface area contributed by atoms with Gasteiger partial charge in [0, 0.05) is 18.0 Å². The zero-order valence-electron chi connectivity index (χ0n) is 12.1. The van der Waals surface area contributed by atoms with Crippen LogP contribution in [0, 0.1) is 0 Å². The second kappa shape index (κ2) is 6.89. The highest BCUT2D eigenvalue weighted by molar-refractivity contribution is 6.30. The molecule has 1 amide bonds. The van der Waals surface area contributed by atoms with Crippen molar-refractivity contribution in [2.24, 2.45) is 0 Å². The summed E-state index contributed by atoms with van der Waals surface area (Å²) in [6.45, 7) is 2.28. The van der Waals surface area contributed by atoms with E-state index in [2.05, 4.69) is 10.1 Å². The van der Waals surface area contributed by atoms with E-state index in [1.54, 1.807) is 11.0 Å². The SMILES string of the molecule is O=C(CCn1cncn1)N1CCO[C@H](c2ccc(Cl)cc2)C1. The Morgan fingerprint density at radius 1 is 1.36 bits per heavy atom. The van der Waals surface area contributed by atoms with Crippen molar-refractivity contribution in [2.45, 2.75) is 19.1 Å². The normalized spacial score (nSPS) is 18.4. The van der Waals surface area contributed by atoms with Crippen LogP contribution in [0.3, 0.4) is 0 Å². The van der Waals surface area contributed by atoms with E-state index in [9.17, 15) is 4.79 Å². The molecular formula is C15H17ClN4O2. The summed E-state index contributed by atoms with van der Waals surface area (Å²) in [6.07, 6.45) is 3.40. The van der Waals surface area contributed by atoms with Crippen LogP contribution < -0.4 is 0 Å². The number of ether oxygens (including phenoxy) is 1. The van der Waals surface area contributed by atoms with Crippen LogP contribution >= 0.6 is 11.6 Å². The number of nitrogens with zero attached hydrogens (tertiary/aromatic N) is 4. The number of carbonyl (C=O) groups excluding carboxylic acids is 1. The highest BCUT2D eigenvalue weighted by Gasteiger charge is 2.25. The van der Waals surface area contributed by atoms with Crippen LogP contribution in [0.4, 0.5) is 0 Å². The standard InChI is InChI=1S/C15H17ClN4O2/c16-13-3-1-12(2-4-13)14-9-19(7-8-22-14)15(21)5-6-20-11-17-10-18-20/h1-4,10-11,14H,5-9H2/t14-/m0/s1. The number of carbonyl (C=O) groups is 1. The Balaban J connectivity index is 1.57. The van der Waals surface area contributed by atoms with Gasteiger partial charge in [-0.05, 0) is 17.7 Å². The van der Waals surface area contributed by atoms with Gasteiger partial charge in [0.2, 0.25) is 5.91 Å². The molecule has 0 unspecified atom stereocenters. The van der Waals surface area contributed by atoms with Gasteiger partial charge in [-0.3, -0.25) is 9.48 Å². The van der Waals surface area contributed by atoms with Crippen molar-refractivity contribution >= 4 is 17.5 Å². The van der Waals surface area contributed by atoms with Crippen LogP contribution in [-0.4, -0.2) is 45.3 Å². The van der Waals surface area contributed by atoms with Crippen LogP contribution in [0.5, 0.6) is 0 Å². The Bertz CT molecular complexity index is 615. The molecule has 1 aliphatic heterocycles. The van der Waals surface area contributed by atoms with Crippen molar-refractivity contribution in [1.29, 1.82) is 0 Å². The number of hydrogen-bond donors (Lipinski definition) is 0. The predicted molar refractivity (Wildman–Crippen MR) is 81.4 cm³/mol. The summed E-state index contributed by atoms with van der Waals surface area (Å²) < 4.78 is 7.43. The number of hydrogen-bond acceptors (Lipinski definition) is 4. The summed E-state index contributed by atoms with van der Waals surface area (Å²) in [5, 5.41) is 4.70. The predicted octanol–water partition coefficient (Wildman–Crippen LogP) is 1.92. The Morgan fingerprint density at radius 2 is 2.18 bits per heavy atom. The minimum atomic E-state index is -0.0960. The highest BCUT2D eigenvalue weighted by Crippen LogP contribution is 2.24. The van der Waals surface area contributed by atoms with Gasteiger partial charge in [0.05, 0.1) is 19.7 Å². The average molecular weight is 321 g/mol. The summed E-state index contributed by atoms with van der Waals surface area (Å²) in [4.78, 5) is 18.0. The Hall–Kier alpha value is -1.92. The van der Waals surface area contributed by atoms with Gasteiger partial charge in [-0.25, -0.2) is 4.98 Å². The van der Waals surface area contributed by atoms with Gasteiger partial charge in [0.25, 0.3) is 0 Å². The van der Waals surface area contributed by atoms with Crippen LogP contribution in [0.2, 0.25) is 5.02 Å². The van der Waals surface area contributed by atoms with Crippen molar-refractivity contribution in [1.82, 2.24) is 19.7 Å². The van der Waals surface area contributed by atoms with Gasteiger partial charge in [-0.15, -0.1) is 0 Å². The summed E-state index contributed by atoms with van der Waals surface area (Å²) in [7, 11) is 0. The maximum atomic E-state index is 12.3. The quantitative estimate of drug-likeness (QED) is 0.863. The van der Waals surface area contributed by atoms with E-state index in [0.717, 1.165) is 5.56 Å². The largest absolute Gasteiger partial charge is 0.370 e. The summed E-state index contributed by atoms with van der Waals surface area (Å²) in [5.41, 5.74) is 1.04. The topological polar surface area (TPSA) is 60.2 Å². The minimum absolute atomic E-state index is 0.0960. The first-order chi connectivity index (χ1) is 10.7. The van der Waals surface area contributed by atoms with E-state index >= 15 is 0 Å². The summed E-state index contributed by atoms with van der Waals surface area (Å²) in [6, 6.07) is 7.56. The first kappa shape index (κ1) is 15.0. The van der Waals surface area contributed by atoms with Crippen molar-refractivity contribution in [3.63, 3.8) is 0 Å². The molecule has 3 rings (SSSR count). The lowest BCUT2D eigenvalue weighted by Crippen LogP contribution is -2.42. The first-order valence-corrected chi connectivity index (χ1v) is 7.57. The Kier molecular flexibility index (Phi) is 4.70.